The quantitative estimate of drug-likeness (QED) is 0.707. The van der Waals surface area contributed by atoms with Crippen LogP contribution in [0.1, 0.15) is 12.8 Å². The minimum atomic E-state index is 0.101. The first-order chi connectivity index (χ1) is 12.8. The number of nitrogens with zero attached hydrogens (tertiary/aromatic N) is 4. The van der Waals surface area contributed by atoms with E-state index in [4.69, 9.17) is 13.9 Å². The van der Waals surface area contributed by atoms with Gasteiger partial charge in [-0.05, 0) is 25.0 Å². The van der Waals surface area contributed by atoms with Gasteiger partial charge in [0.25, 0.3) is 0 Å². The normalized spacial score (nSPS) is 20.6. The van der Waals surface area contributed by atoms with E-state index < -0.39 is 0 Å². The van der Waals surface area contributed by atoms with Crippen molar-refractivity contribution in [3.8, 4) is 11.6 Å². The summed E-state index contributed by atoms with van der Waals surface area (Å²) in [6.07, 6.45) is 3.86. The molecule has 2 aliphatic heterocycles. The van der Waals surface area contributed by atoms with Crippen LogP contribution in [0, 0.1) is 0 Å². The molecule has 4 rings (SSSR count). The Bertz CT molecular complexity index is 721. The molecule has 2 aliphatic rings. The van der Waals surface area contributed by atoms with E-state index in [1.807, 2.05) is 21.6 Å². The highest BCUT2D eigenvalue weighted by Crippen LogP contribution is 2.27. The molecule has 2 aromatic rings. The van der Waals surface area contributed by atoms with E-state index >= 15 is 0 Å². The largest absolute Gasteiger partial charge is 0.461 e. The van der Waals surface area contributed by atoms with Crippen molar-refractivity contribution in [3.05, 3.63) is 18.4 Å². The maximum absolute atomic E-state index is 12.4. The van der Waals surface area contributed by atoms with E-state index in [2.05, 4.69) is 10.2 Å². The summed E-state index contributed by atoms with van der Waals surface area (Å²) in [5.41, 5.74) is 0. The molecule has 140 valence electrons. The minimum absolute atomic E-state index is 0.101. The molecule has 26 heavy (non-hydrogen) atoms. The molecular weight excluding hydrogens is 356 g/mol. The van der Waals surface area contributed by atoms with Crippen molar-refractivity contribution in [2.75, 3.05) is 38.7 Å². The average molecular weight is 378 g/mol. The summed E-state index contributed by atoms with van der Waals surface area (Å²) in [5, 5.41) is 9.30. The monoisotopic (exact) mass is 378 g/mol. The highest BCUT2D eigenvalue weighted by Gasteiger charge is 2.24. The summed E-state index contributed by atoms with van der Waals surface area (Å²) in [6, 6.07) is 3.69. The third-order valence-electron chi connectivity index (χ3n) is 4.56. The van der Waals surface area contributed by atoms with Crippen molar-refractivity contribution < 1.29 is 18.7 Å². The number of aromatic nitrogens is 3. The fraction of sp³-hybridized carbons (Fsp3) is 0.588. The Labute approximate surface area is 155 Å². The van der Waals surface area contributed by atoms with Gasteiger partial charge in [0.1, 0.15) is 0 Å². The summed E-state index contributed by atoms with van der Waals surface area (Å²) in [6.45, 7) is 3.97. The second-order valence-electron chi connectivity index (χ2n) is 6.31. The Morgan fingerprint density at radius 2 is 2.15 bits per heavy atom. The Morgan fingerprint density at radius 3 is 2.88 bits per heavy atom. The summed E-state index contributed by atoms with van der Waals surface area (Å²) < 4.78 is 18.6. The van der Waals surface area contributed by atoms with Crippen LogP contribution >= 0.6 is 11.8 Å². The van der Waals surface area contributed by atoms with Crippen molar-refractivity contribution >= 4 is 17.7 Å². The summed E-state index contributed by atoms with van der Waals surface area (Å²) in [5.74, 6) is 1.78. The number of thioether (sulfide) groups is 1. The van der Waals surface area contributed by atoms with Gasteiger partial charge >= 0.3 is 0 Å². The van der Waals surface area contributed by atoms with Crippen molar-refractivity contribution in [3.63, 3.8) is 0 Å². The van der Waals surface area contributed by atoms with Crippen LogP contribution in [-0.4, -0.2) is 70.3 Å². The molecule has 0 spiro atoms. The van der Waals surface area contributed by atoms with Crippen LogP contribution in [0.5, 0.6) is 0 Å². The van der Waals surface area contributed by atoms with Crippen LogP contribution in [0.15, 0.2) is 28.0 Å². The molecule has 0 saturated carbocycles. The first kappa shape index (κ1) is 17.6. The third-order valence-corrected chi connectivity index (χ3v) is 5.51. The van der Waals surface area contributed by atoms with Gasteiger partial charge in [0.2, 0.25) is 11.7 Å². The summed E-state index contributed by atoms with van der Waals surface area (Å²) >= 11 is 1.41. The molecule has 0 aromatic carbocycles. The number of carbonyl (C=O) groups excluding carboxylic acids is 1. The maximum atomic E-state index is 12.4. The lowest BCUT2D eigenvalue weighted by Crippen LogP contribution is -2.41. The number of hydrogen-bond acceptors (Lipinski definition) is 7. The molecule has 0 bridgehead atoms. The van der Waals surface area contributed by atoms with E-state index in [0.717, 1.165) is 19.4 Å². The summed E-state index contributed by atoms with van der Waals surface area (Å²) in [7, 11) is 0. The summed E-state index contributed by atoms with van der Waals surface area (Å²) in [4.78, 5) is 14.2. The van der Waals surface area contributed by atoms with E-state index in [1.165, 1.54) is 11.8 Å². The van der Waals surface area contributed by atoms with Gasteiger partial charge in [-0.15, -0.1) is 10.2 Å². The Kier molecular flexibility index (Phi) is 5.57. The number of hydrogen-bond donors (Lipinski definition) is 0. The zero-order valence-corrected chi connectivity index (χ0v) is 15.3. The molecule has 0 aliphatic carbocycles. The second kappa shape index (κ2) is 8.24. The molecule has 4 heterocycles. The van der Waals surface area contributed by atoms with Gasteiger partial charge in [0.05, 0.1) is 37.9 Å². The van der Waals surface area contributed by atoms with Crippen LogP contribution in [0.2, 0.25) is 0 Å². The molecule has 2 fully saturated rings. The van der Waals surface area contributed by atoms with Gasteiger partial charge in [0.15, 0.2) is 10.9 Å². The first-order valence-electron chi connectivity index (χ1n) is 8.88. The Balaban J connectivity index is 1.48. The third kappa shape index (κ3) is 3.94. The van der Waals surface area contributed by atoms with E-state index in [0.29, 0.717) is 55.3 Å². The molecule has 9 heteroatoms. The zero-order chi connectivity index (χ0) is 17.8. The lowest BCUT2D eigenvalue weighted by atomic mass is 10.2. The minimum Gasteiger partial charge on any atom is -0.461 e. The van der Waals surface area contributed by atoms with Crippen LogP contribution in [-0.2, 0) is 20.8 Å². The fourth-order valence-electron chi connectivity index (χ4n) is 3.17. The van der Waals surface area contributed by atoms with Gasteiger partial charge in [0, 0.05) is 19.7 Å². The van der Waals surface area contributed by atoms with Crippen molar-refractivity contribution in [1.82, 2.24) is 19.7 Å². The van der Waals surface area contributed by atoms with E-state index in [1.54, 1.807) is 6.26 Å². The highest BCUT2D eigenvalue weighted by molar-refractivity contribution is 7.99. The van der Waals surface area contributed by atoms with Crippen molar-refractivity contribution in [2.24, 2.45) is 0 Å². The number of amides is 1. The van der Waals surface area contributed by atoms with Gasteiger partial charge in [-0.1, -0.05) is 11.8 Å². The average Bonchev–Trinajstić information content (AvgIpc) is 3.43. The molecular formula is C17H22N4O4S. The predicted molar refractivity (Wildman–Crippen MR) is 94.8 cm³/mol. The van der Waals surface area contributed by atoms with Crippen molar-refractivity contribution in [2.45, 2.75) is 30.6 Å². The first-order valence-corrected chi connectivity index (χ1v) is 9.87. The predicted octanol–water partition coefficient (Wildman–Crippen LogP) is 1.67. The number of furan rings is 1. The van der Waals surface area contributed by atoms with Gasteiger partial charge in [-0.3, -0.25) is 9.36 Å². The molecule has 2 saturated heterocycles. The van der Waals surface area contributed by atoms with Gasteiger partial charge in [-0.2, -0.15) is 0 Å². The molecule has 0 N–H and O–H groups in total. The second-order valence-corrected chi connectivity index (χ2v) is 7.25. The number of carbonyl (C=O) groups is 1. The lowest BCUT2D eigenvalue weighted by molar-refractivity contribution is -0.132. The molecule has 8 nitrogen and oxygen atoms in total. The number of morpholine rings is 1. The van der Waals surface area contributed by atoms with E-state index in [-0.39, 0.29) is 12.0 Å². The standard InChI is InChI=1S/C17H22N4O4S/c22-15(20-5-9-23-10-6-20)12-26-17-19-18-16(14-4-2-8-25-14)21(17)11-13-3-1-7-24-13/h2,4,8,13H,1,3,5-7,9-12H2/t13-/m0/s1. The molecule has 0 radical (unpaired) electrons. The smallest absolute Gasteiger partial charge is 0.233 e. The SMILES string of the molecule is O=C(CSc1nnc(-c2ccco2)n1C[C@@H]1CCCO1)N1CCOCC1. The topological polar surface area (TPSA) is 82.6 Å². The van der Waals surface area contributed by atoms with Crippen molar-refractivity contribution in [1.29, 1.82) is 0 Å². The lowest BCUT2D eigenvalue weighted by Gasteiger charge is -2.26. The van der Waals surface area contributed by atoms with E-state index in [9.17, 15) is 4.79 Å². The van der Waals surface area contributed by atoms with Gasteiger partial charge in [-0.25, -0.2) is 0 Å². The van der Waals surface area contributed by atoms with Crippen LogP contribution < -0.4 is 0 Å². The fourth-order valence-corrected chi connectivity index (χ4v) is 4.02. The maximum Gasteiger partial charge on any atom is 0.233 e. The molecule has 1 atom stereocenters. The number of rotatable bonds is 6. The van der Waals surface area contributed by atoms with Crippen LogP contribution in [0.4, 0.5) is 0 Å². The van der Waals surface area contributed by atoms with Crippen LogP contribution in [0.25, 0.3) is 11.6 Å². The molecule has 1 amide bonds. The zero-order valence-electron chi connectivity index (χ0n) is 14.5. The Morgan fingerprint density at radius 1 is 1.27 bits per heavy atom. The van der Waals surface area contributed by atoms with Gasteiger partial charge < -0.3 is 18.8 Å². The molecule has 0 unspecified atom stereocenters. The Hall–Kier alpha value is -1.84. The molecule has 2 aromatic heterocycles. The highest BCUT2D eigenvalue weighted by atomic mass is 32.2. The van der Waals surface area contributed by atoms with Crippen LogP contribution in [0.3, 0.4) is 0 Å². The number of ether oxygens (including phenoxy) is 2.